The topological polar surface area (TPSA) is 81.8 Å². The summed E-state index contributed by atoms with van der Waals surface area (Å²) < 4.78 is 3.08. The van der Waals surface area contributed by atoms with E-state index in [2.05, 4.69) is 15.4 Å². The molecule has 0 saturated carbocycles. The van der Waals surface area contributed by atoms with Gasteiger partial charge in [-0.1, -0.05) is 0 Å². The van der Waals surface area contributed by atoms with Gasteiger partial charge in [0.05, 0.1) is 6.33 Å². The van der Waals surface area contributed by atoms with Crippen LogP contribution in [-0.4, -0.2) is 31.8 Å². The van der Waals surface area contributed by atoms with Gasteiger partial charge >= 0.3 is 0 Å². The van der Waals surface area contributed by atoms with Gasteiger partial charge in [0, 0.05) is 38.6 Å². The first-order valence-electron chi connectivity index (χ1n) is 5.95. The van der Waals surface area contributed by atoms with Crippen LogP contribution in [0.4, 0.5) is 0 Å². The van der Waals surface area contributed by atoms with Crippen LogP contribution in [0, 0.1) is 0 Å². The van der Waals surface area contributed by atoms with Crippen LogP contribution in [0.15, 0.2) is 35.6 Å². The molecule has 100 valence electrons. The highest BCUT2D eigenvalue weighted by Gasteiger charge is 2.07. The molecule has 0 bridgehead atoms. The van der Waals surface area contributed by atoms with Crippen molar-refractivity contribution in [3.05, 3.63) is 46.9 Å². The molecule has 19 heavy (non-hydrogen) atoms. The quantitative estimate of drug-likeness (QED) is 0.755. The number of nitrogens with one attached hydrogen (secondary N) is 1. The number of carbonyl (C=O) groups is 1. The van der Waals surface area contributed by atoms with Gasteiger partial charge in [0.25, 0.3) is 11.5 Å². The van der Waals surface area contributed by atoms with Crippen LogP contribution in [0.25, 0.3) is 0 Å². The van der Waals surface area contributed by atoms with E-state index in [1.807, 2.05) is 10.8 Å². The lowest BCUT2D eigenvalue weighted by Gasteiger charge is -2.05. The van der Waals surface area contributed by atoms with E-state index in [-0.39, 0.29) is 17.2 Å². The predicted octanol–water partition coefficient (Wildman–Crippen LogP) is -0.203. The van der Waals surface area contributed by atoms with Crippen molar-refractivity contribution in [3.8, 4) is 0 Å². The van der Waals surface area contributed by atoms with Gasteiger partial charge in [0.15, 0.2) is 0 Å². The Morgan fingerprint density at radius 3 is 2.95 bits per heavy atom. The molecule has 0 aromatic carbocycles. The normalized spacial score (nSPS) is 10.4. The number of aromatic nitrogens is 4. The monoisotopic (exact) mass is 261 g/mol. The van der Waals surface area contributed by atoms with Crippen LogP contribution in [0.2, 0.25) is 0 Å². The number of carbonyl (C=O) groups excluding carboxylic acids is 1. The van der Waals surface area contributed by atoms with Crippen molar-refractivity contribution in [1.82, 2.24) is 24.6 Å². The molecule has 0 aliphatic rings. The van der Waals surface area contributed by atoms with Crippen molar-refractivity contribution in [2.75, 3.05) is 6.54 Å². The number of hydrogen-bond acceptors (Lipinski definition) is 4. The molecule has 2 aromatic rings. The molecule has 2 rings (SSSR count). The Morgan fingerprint density at radius 1 is 1.42 bits per heavy atom. The largest absolute Gasteiger partial charge is 0.351 e. The Bertz CT molecular complexity index is 603. The minimum atomic E-state index is -0.277. The molecular weight excluding hydrogens is 246 g/mol. The second-order valence-electron chi connectivity index (χ2n) is 4.09. The van der Waals surface area contributed by atoms with Gasteiger partial charge in [-0.15, -0.1) is 0 Å². The highest BCUT2D eigenvalue weighted by Crippen LogP contribution is 1.92. The Balaban J connectivity index is 1.80. The average molecular weight is 261 g/mol. The van der Waals surface area contributed by atoms with Crippen molar-refractivity contribution >= 4 is 5.91 Å². The maximum Gasteiger partial charge on any atom is 0.271 e. The van der Waals surface area contributed by atoms with E-state index in [1.165, 1.54) is 19.2 Å². The summed E-state index contributed by atoms with van der Waals surface area (Å²) in [5.74, 6) is -0.277. The standard InChI is InChI=1S/C12H15N5O2/c1-16-11(18)4-3-10(15-16)12(19)14-5-2-7-17-8-6-13-9-17/h3-4,6,8-9H,2,5,7H2,1H3,(H,14,19). The van der Waals surface area contributed by atoms with Crippen LogP contribution in [0.5, 0.6) is 0 Å². The second kappa shape index (κ2) is 5.94. The SMILES string of the molecule is Cn1nc(C(=O)NCCCn2ccnc2)ccc1=O. The summed E-state index contributed by atoms with van der Waals surface area (Å²) in [6.45, 7) is 1.34. The molecule has 0 aliphatic heterocycles. The van der Waals surface area contributed by atoms with Crippen molar-refractivity contribution in [3.63, 3.8) is 0 Å². The molecule has 2 aromatic heterocycles. The number of hydrogen-bond donors (Lipinski definition) is 1. The molecule has 0 saturated heterocycles. The minimum Gasteiger partial charge on any atom is -0.351 e. The molecule has 2 heterocycles. The number of rotatable bonds is 5. The van der Waals surface area contributed by atoms with Crippen LogP contribution >= 0.6 is 0 Å². The molecule has 7 heteroatoms. The van der Waals surface area contributed by atoms with E-state index in [1.54, 1.807) is 12.5 Å². The van der Waals surface area contributed by atoms with Crippen LogP contribution < -0.4 is 10.9 Å². The molecule has 1 N–H and O–H groups in total. The molecular formula is C12H15N5O2. The lowest BCUT2D eigenvalue weighted by molar-refractivity contribution is 0.0945. The van der Waals surface area contributed by atoms with E-state index in [0.717, 1.165) is 17.6 Å². The van der Waals surface area contributed by atoms with Gasteiger partial charge in [-0.2, -0.15) is 5.10 Å². The zero-order valence-corrected chi connectivity index (χ0v) is 10.6. The fourth-order valence-corrected chi connectivity index (χ4v) is 1.60. The summed E-state index contributed by atoms with van der Waals surface area (Å²) in [6.07, 6.45) is 6.12. The van der Waals surface area contributed by atoms with Crippen molar-refractivity contribution in [2.24, 2.45) is 7.05 Å². The predicted molar refractivity (Wildman–Crippen MR) is 68.7 cm³/mol. The molecule has 0 fully saturated rings. The van der Waals surface area contributed by atoms with E-state index in [9.17, 15) is 9.59 Å². The van der Waals surface area contributed by atoms with Gasteiger partial charge in [-0.25, -0.2) is 9.67 Å². The maximum absolute atomic E-state index is 11.8. The van der Waals surface area contributed by atoms with Gasteiger partial charge in [-0.05, 0) is 12.5 Å². The van der Waals surface area contributed by atoms with Crippen molar-refractivity contribution in [2.45, 2.75) is 13.0 Å². The highest BCUT2D eigenvalue weighted by molar-refractivity contribution is 5.91. The minimum absolute atomic E-state index is 0.239. The summed E-state index contributed by atoms with van der Waals surface area (Å²) >= 11 is 0. The van der Waals surface area contributed by atoms with E-state index in [4.69, 9.17) is 0 Å². The summed E-state index contributed by atoms with van der Waals surface area (Å²) in [6, 6.07) is 2.75. The summed E-state index contributed by atoms with van der Waals surface area (Å²) in [4.78, 5) is 26.8. The Hall–Kier alpha value is -2.44. The van der Waals surface area contributed by atoms with Crippen LogP contribution in [-0.2, 0) is 13.6 Å². The van der Waals surface area contributed by atoms with Gasteiger partial charge in [0.2, 0.25) is 0 Å². The van der Waals surface area contributed by atoms with E-state index >= 15 is 0 Å². The van der Waals surface area contributed by atoms with Gasteiger partial charge in [-0.3, -0.25) is 9.59 Å². The molecule has 0 atom stereocenters. The summed E-state index contributed by atoms with van der Waals surface area (Å²) in [7, 11) is 1.51. The third-order valence-electron chi connectivity index (χ3n) is 2.63. The van der Waals surface area contributed by atoms with E-state index in [0.29, 0.717) is 6.54 Å². The zero-order valence-electron chi connectivity index (χ0n) is 10.6. The summed E-state index contributed by atoms with van der Waals surface area (Å²) in [5.41, 5.74) is 0.00129. The first-order chi connectivity index (χ1) is 9.16. The maximum atomic E-state index is 11.8. The smallest absolute Gasteiger partial charge is 0.271 e. The molecule has 0 aliphatic carbocycles. The number of imidazole rings is 1. The first-order valence-corrected chi connectivity index (χ1v) is 5.95. The highest BCUT2D eigenvalue weighted by atomic mass is 16.2. The third-order valence-corrected chi connectivity index (χ3v) is 2.63. The first kappa shape index (κ1) is 13.0. The van der Waals surface area contributed by atoms with Crippen molar-refractivity contribution < 1.29 is 4.79 Å². The Kier molecular flexibility index (Phi) is 4.07. The average Bonchev–Trinajstić information content (AvgIpc) is 2.91. The van der Waals surface area contributed by atoms with Crippen molar-refractivity contribution in [1.29, 1.82) is 0 Å². The lowest BCUT2D eigenvalue weighted by atomic mass is 10.3. The second-order valence-corrected chi connectivity index (χ2v) is 4.09. The molecule has 7 nitrogen and oxygen atoms in total. The molecule has 0 unspecified atom stereocenters. The van der Waals surface area contributed by atoms with Gasteiger partial charge < -0.3 is 9.88 Å². The number of aryl methyl sites for hydroxylation is 2. The van der Waals surface area contributed by atoms with Crippen LogP contribution in [0.3, 0.4) is 0 Å². The number of nitrogens with zero attached hydrogens (tertiary/aromatic N) is 4. The fraction of sp³-hybridized carbons (Fsp3) is 0.333. The fourth-order valence-electron chi connectivity index (χ4n) is 1.60. The lowest BCUT2D eigenvalue weighted by Crippen LogP contribution is -2.29. The molecule has 0 spiro atoms. The van der Waals surface area contributed by atoms with E-state index < -0.39 is 0 Å². The van der Waals surface area contributed by atoms with Crippen LogP contribution in [0.1, 0.15) is 16.9 Å². The molecule has 0 radical (unpaired) electrons. The molecule has 1 amide bonds. The van der Waals surface area contributed by atoms with Gasteiger partial charge in [0.1, 0.15) is 5.69 Å². The Labute approximate surface area is 109 Å². The zero-order chi connectivity index (χ0) is 13.7. The number of amides is 1. The summed E-state index contributed by atoms with van der Waals surface area (Å²) in [5, 5.41) is 6.64. The Morgan fingerprint density at radius 2 is 2.26 bits per heavy atom. The third kappa shape index (κ3) is 3.51.